The molecule has 0 aliphatic carbocycles. The number of aliphatic carboxylic acids is 2. The Kier molecular flexibility index (Phi) is 30.9. The molecule has 12 amide bonds. The van der Waals surface area contributed by atoms with Crippen LogP contribution in [0, 0.1) is 11.3 Å². The number of carbonyl (C=O) groups is 14. The second-order valence-electron chi connectivity index (χ2n) is 23.9. The van der Waals surface area contributed by atoms with Crippen molar-refractivity contribution < 1.29 is 97.8 Å². The molecule has 2 saturated heterocycles. The van der Waals surface area contributed by atoms with E-state index < -0.39 is 206 Å². The molecule has 2 aliphatic rings. The number of nitrogens with zero attached hydrogens (tertiary/aromatic N) is 2. The summed E-state index contributed by atoms with van der Waals surface area (Å²) in [7, 11) is 0. The standard InChI is InChI=1S/C62H89N17O20/c1-3-31(2)49(77-57(94)46-18-11-21-79(46)60(97)40(25-47(64)84)72-53(90)42(28-81)74-54(91)41(27-80)73-50(87)35(63)24-48(85)86)58(95)71-38(22-32-12-5-4-6-13-32)51(88)70-39(23-33-26-68-36-15-8-7-14-34(33)36)52(89)69-37(16-9-19-67-62(65)66)59(96)78-20-10-17-45(78)56(93)75-43(29-82)55(92)76-44(30-83)61(98)99/h4-8,12-15,26,31,35,37-46,49,68,80-83H,3,9-11,16-25,27-30,63H2,1-2H3,(H2,64,84)(H,69,89)(H,70,88)(H,71,95)(H,72,90)(H,73,87)(H,74,91)(H,75,93)(H,76,92)(H,77,94)(H,85,86)(H,98,99)(H4,65,66,67)/t31-,35-,37-,38-,39-,40-,41-,42-,43-,44-,45-,46-,49-/m0/s1. The molecule has 3 heterocycles. The summed E-state index contributed by atoms with van der Waals surface area (Å²) in [5.74, 6) is -16.4. The average Bonchev–Trinajstić information content (AvgIpc) is 1.76. The van der Waals surface area contributed by atoms with Crippen molar-refractivity contribution in [3.05, 3.63) is 71.9 Å². The van der Waals surface area contributed by atoms with Crippen LogP contribution >= 0.6 is 0 Å². The molecule has 5 rings (SSSR count). The molecule has 13 atom stereocenters. The molecular formula is C62H89N17O20. The van der Waals surface area contributed by atoms with E-state index in [9.17, 15) is 83.1 Å². The molecule has 1 aromatic heterocycles. The van der Waals surface area contributed by atoms with Gasteiger partial charge in [-0.25, -0.2) is 4.79 Å². The number of carboxylic acids is 2. The molecule has 0 bridgehead atoms. The van der Waals surface area contributed by atoms with Crippen LogP contribution in [0.1, 0.15) is 82.8 Å². The molecular weight excluding hydrogens is 1300 g/mol. The lowest BCUT2D eigenvalue weighted by molar-refractivity contribution is -0.144. The zero-order chi connectivity index (χ0) is 73.2. The predicted octanol–water partition coefficient (Wildman–Crippen LogP) is -7.66. The lowest BCUT2D eigenvalue weighted by Gasteiger charge is -2.32. The Labute approximate surface area is 567 Å². The summed E-state index contributed by atoms with van der Waals surface area (Å²) >= 11 is 0. The van der Waals surface area contributed by atoms with Gasteiger partial charge in [-0.15, -0.1) is 0 Å². The summed E-state index contributed by atoms with van der Waals surface area (Å²) < 4.78 is 0. The third kappa shape index (κ3) is 23.1. The van der Waals surface area contributed by atoms with E-state index in [0.717, 1.165) is 9.80 Å². The van der Waals surface area contributed by atoms with Gasteiger partial charge < -0.3 is 116 Å². The highest BCUT2D eigenvalue weighted by atomic mass is 16.4. The van der Waals surface area contributed by atoms with Crippen LogP contribution in [0.4, 0.5) is 0 Å². The van der Waals surface area contributed by atoms with Crippen molar-refractivity contribution in [1.29, 1.82) is 5.41 Å². The summed E-state index contributed by atoms with van der Waals surface area (Å²) in [6, 6.07) is -3.82. The lowest BCUT2D eigenvalue weighted by atomic mass is 9.96. The van der Waals surface area contributed by atoms with Gasteiger partial charge in [0.1, 0.15) is 66.5 Å². The molecule has 2 aliphatic heterocycles. The number of aliphatic hydroxyl groups is 4. The van der Waals surface area contributed by atoms with Gasteiger partial charge in [-0.05, 0) is 61.6 Å². The number of primary amides is 1. The van der Waals surface area contributed by atoms with E-state index in [-0.39, 0.29) is 77.4 Å². The monoisotopic (exact) mass is 1390 g/mol. The minimum absolute atomic E-state index is 0.00619. The zero-order valence-corrected chi connectivity index (χ0v) is 54.5. The van der Waals surface area contributed by atoms with E-state index >= 15 is 9.59 Å². The number of aromatic nitrogens is 1. The van der Waals surface area contributed by atoms with Crippen molar-refractivity contribution >= 4 is 99.7 Å². The molecule has 0 spiro atoms. The average molecular weight is 1390 g/mol. The van der Waals surface area contributed by atoms with Crippen molar-refractivity contribution in [2.24, 2.45) is 23.1 Å². The minimum Gasteiger partial charge on any atom is -0.481 e. The largest absolute Gasteiger partial charge is 0.481 e. The smallest absolute Gasteiger partial charge is 0.328 e. The predicted molar refractivity (Wildman–Crippen MR) is 348 cm³/mol. The van der Waals surface area contributed by atoms with Crippen LogP contribution in [0.2, 0.25) is 0 Å². The van der Waals surface area contributed by atoms with Gasteiger partial charge in [0.05, 0.1) is 45.3 Å². The number of H-pyrrole nitrogens is 1. The number of carbonyl (C=O) groups excluding carboxylic acids is 12. The highest BCUT2D eigenvalue weighted by Gasteiger charge is 2.43. The van der Waals surface area contributed by atoms with Crippen LogP contribution in [0.15, 0.2) is 60.8 Å². The molecule has 2 aromatic carbocycles. The second-order valence-corrected chi connectivity index (χ2v) is 23.9. The molecule has 0 radical (unpaired) electrons. The number of guanidine groups is 1. The fourth-order valence-corrected chi connectivity index (χ4v) is 11.2. The molecule has 542 valence electrons. The number of hydrogen-bond acceptors (Lipinski definition) is 20. The zero-order valence-electron chi connectivity index (χ0n) is 54.5. The minimum atomic E-state index is -1.90. The van der Waals surface area contributed by atoms with E-state index in [1.165, 1.54) is 0 Å². The third-order valence-electron chi connectivity index (χ3n) is 16.7. The number of rotatable bonds is 39. The van der Waals surface area contributed by atoms with Gasteiger partial charge >= 0.3 is 11.9 Å². The number of likely N-dealkylation sites (tertiary alicyclic amines) is 2. The normalized spacial score (nSPS) is 17.6. The summed E-state index contributed by atoms with van der Waals surface area (Å²) in [4.78, 5) is 195. The summed E-state index contributed by atoms with van der Waals surface area (Å²) in [5.41, 5.74) is 18.3. The number of aromatic amines is 1. The first kappa shape index (κ1) is 79.3. The van der Waals surface area contributed by atoms with Crippen molar-refractivity contribution in [2.45, 2.75) is 157 Å². The SMILES string of the molecule is CC[C@H](C)[C@H](NC(=O)[C@@H]1CCCN1C(=O)[C@H](CC(N)=O)NC(=O)[C@H](CO)NC(=O)[C@H](CO)NC(=O)[C@@H](N)CC(=O)O)C(=O)N[C@@H](Cc1ccccc1)C(=O)N[C@@H](Cc1c[nH]c2ccccc12)C(=O)N[C@@H](CCCNC(=N)N)C(=O)N1CCC[C@H]1C(=O)N[C@@H](CO)C(=O)N[C@@H](CO)C(=O)O. The maximum Gasteiger partial charge on any atom is 0.328 e. The Morgan fingerprint density at radius 2 is 1.03 bits per heavy atom. The first-order chi connectivity index (χ1) is 47.0. The van der Waals surface area contributed by atoms with Crippen molar-refractivity contribution in [3.63, 3.8) is 0 Å². The lowest BCUT2D eigenvalue weighted by Crippen LogP contribution is -2.62. The number of hydrogen-bond donors (Lipinski definition) is 21. The number of nitrogens with one attached hydrogen (secondary N) is 12. The maximum atomic E-state index is 15.1. The Morgan fingerprint density at radius 1 is 0.566 bits per heavy atom. The van der Waals surface area contributed by atoms with E-state index in [2.05, 4.69) is 47.5 Å². The number of benzene rings is 2. The number of nitrogens with two attached hydrogens (primary N) is 3. The first-order valence-corrected chi connectivity index (χ1v) is 32.0. The quantitative estimate of drug-likeness (QED) is 0.0143. The van der Waals surface area contributed by atoms with Crippen molar-refractivity contribution in [1.82, 2.24) is 68.0 Å². The Balaban J connectivity index is 1.41. The van der Waals surface area contributed by atoms with Crippen LogP contribution in [-0.4, -0.2) is 253 Å². The molecule has 37 heteroatoms. The van der Waals surface area contributed by atoms with E-state index in [4.69, 9.17) is 27.7 Å². The third-order valence-corrected chi connectivity index (χ3v) is 16.7. The molecule has 0 saturated carbocycles. The highest BCUT2D eigenvalue weighted by molar-refractivity contribution is 6.01. The number of para-hydroxylation sites is 1. The fourth-order valence-electron chi connectivity index (χ4n) is 11.2. The van der Waals surface area contributed by atoms with Gasteiger partial charge in [-0.1, -0.05) is 68.8 Å². The molecule has 0 unspecified atom stereocenters. The van der Waals surface area contributed by atoms with E-state index in [0.29, 0.717) is 22.0 Å². The van der Waals surface area contributed by atoms with Crippen LogP contribution in [-0.2, 0) is 80.0 Å². The first-order valence-electron chi connectivity index (χ1n) is 32.0. The Hall–Kier alpha value is -10.4. The number of carboxylic acid groups (broad SMARTS) is 2. The molecule has 24 N–H and O–H groups in total. The number of amides is 12. The summed E-state index contributed by atoms with van der Waals surface area (Å²) in [5, 5.41) is 90.4. The number of aliphatic hydroxyl groups excluding tert-OH is 4. The van der Waals surface area contributed by atoms with Gasteiger partial charge in [-0.3, -0.25) is 67.7 Å². The topological polar surface area (TPSA) is 605 Å². The molecule has 37 nitrogen and oxygen atoms in total. The highest BCUT2D eigenvalue weighted by Crippen LogP contribution is 2.24. The maximum absolute atomic E-state index is 15.1. The summed E-state index contributed by atoms with van der Waals surface area (Å²) in [6.07, 6.45) is 0.158. The molecule has 2 fully saturated rings. The van der Waals surface area contributed by atoms with E-state index in [1.807, 2.05) is 10.6 Å². The number of fused-ring (bicyclic) bond motifs is 1. The fraction of sp³-hybridized carbons (Fsp3) is 0.532. The molecule has 99 heavy (non-hydrogen) atoms. The second kappa shape index (κ2) is 38.5. The Morgan fingerprint density at radius 3 is 1.57 bits per heavy atom. The van der Waals surface area contributed by atoms with Crippen LogP contribution in [0.25, 0.3) is 10.9 Å². The van der Waals surface area contributed by atoms with Gasteiger partial charge in [0, 0.05) is 49.6 Å². The summed E-state index contributed by atoms with van der Waals surface area (Å²) in [6.45, 7) is -1.02. The Bertz CT molecular complexity index is 3390. The van der Waals surface area contributed by atoms with Gasteiger partial charge in [-0.2, -0.15) is 0 Å². The van der Waals surface area contributed by atoms with Gasteiger partial charge in [0.25, 0.3) is 0 Å². The van der Waals surface area contributed by atoms with E-state index in [1.54, 1.807) is 74.6 Å². The van der Waals surface area contributed by atoms with Gasteiger partial charge in [0.2, 0.25) is 70.9 Å². The van der Waals surface area contributed by atoms with Gasteiger partial charge in [0.15, 0.2) is 5.96 Å². The van der Waals surface area contributed by atoms with Crippen LogP contribution < -0.4 is 70.4 Å². The molecule has 3 aromatic rings. The van der Waals surface area contributed by atoms with Crippen molar-refractivity contribution in [2.75, 3.05) is 46.1 Å². The van der Waals surface area contributed by atoms with Crippen molar-refractivity contribution in [3.8, 4) is 0 Å². The van der Waals surface area contributed by atoms with Crippen LogP contribution in [0.5, 0.6) is 0 Å². The van der Waals surface area contributed by atoms with Crippen LogP contribution in [0.3, 0.4) is 0 Å².